The van der Waals surface area contributed by atoms with Crippen LogP contribution >= 0.6 is 0 Å². The second-order valence-electron chi connectivity index (χ2n) is 4.44. The molecule has 2 nitrogen and oxygen atoms in total. The van der Waals surface area contributed by atoms with Crippen molar-refractivity contribution in [2.24, 2.45) is 5.73 Å². The Bertz CT molecular complexity index is 355. The van der Waals surface area contributed by atoms with Gasteiger partial charge in [0.05, 0.1) is 0 Å². The summed E-state index contributed by atoms with van der Waals surface area (Å²) in [7, 11) is 0. The van der Waals surface area contributed by atoms with E-state index in [2.05, 4.69) is 23.1 Å². The predicted molar refractivity (Wildman–Crippen MR) is 56.6 cm³/mol. The van der Waals surface area contributed by atoms with Gasteiger partial charge in [-0.2, -0.15) is 0 Å². The first-order valence-corrected chi connectivity index (χ1v) is 5.41. The van der Waals surface area contributed by atoms with Gasteiger partial charge in [0, 0.05) is 25.7 Å². The van der Waals surface area contributed by atoms with Crippen molar-refractivity contribution in [1.29, 1.82) is 0 Å². The average Bonchev–Trinajstić information content (AvgIpc) is 2.97. The van der Waals surface area contributed by atoms with E-state index in [1.807, 2.05) is 0 Å². The minimum Gasteiger partial charge on any atom is -0.326 e. The molecule has 1 aliphatic carbocycles. The highest BCUT2D eigenvalue weighted by Crippen LogP contribution is 2.34. The quantitative estimate of drug-likeness (QED) is 0.764. The van der Waals surface area contributed by atoms with E-state index < -0.39 is 0 Å². The third-order valence-electron chi connectivity index (χ3n) is 3.32. The third kappa shape index (κ3) is 1.35. The summed E-state index contributed by atoms with van der Waals surface area (Å²) in [5, 5.41) is 0. The first-order chi connectivity index (χ1) is 6.86. The van der Waals surface area contributed by atoms with Crippen LogP contribution in [0.2, 0.25) is 0 Å². The van der Waals surface area contributed by atoms with Crippen molar-refractivity contribution < 1.29 is 0 Å². The van der Waals surface area contributed by atoms with Crippen molar-refractivity contribution in [3.63, 3.8) is 0 Å². The van der Waals surface area contributed by atoms with Crippen LogP contribution in [-0.2, 0) is 19.6 Å². The van der Waals surface area contributed by atoms with E-state index in [1.165, 1.54) is 29.5 Å². The second kappa shape index (κ2) is 3.07. The Morgan fingerprint density at radius 3 is 2.71 bits per heavy atom. The Hall–Kier alpha value is -0.860. The number of benzene rings is 1. The summed E-state index contributed by atoms with van der Waals surface area (Å²) in [6, 6.07) is 7.57. The van der Waals surface area contributed by atoms with Crippen molar-refractivity contribution >= 4 is 0 Å². The van der Waals surface area contributed by atoms with Crippen LogP contribution in [0.3, 0.4) is 0 Å². The van der Waals surface area contributed by atoms with Crippen LogP contribution in [0.4, 0.5) is 0 Å². The number of nitrogens with zero attached hydrogens (tertiary/aromatic N) is 1. The Labute approximate surface area is 84.7 Å². The molecule has 0 bridgehead atoms. The summed E-state index contributed by atoms with van der Waals surface area (Å²) in [4.78, 5) is 2.59. The van der Waals surface area contributed by atoms with E-state index in [9.17, 15) is 0 Å². The van der Waals surface area contributed by atoms with Crippen LogP contribution in [0, 0.1) is 0 Å². The smallest absolute Gasteiger partial charge is 0.0243 e. The Morgan fingerprint density at radius 1 is 1.21 bits per heavy atom. The molecule has 0 spiro atoms. The minimum absolute atomic E-state index is 0.663. The van der Waals surface area contributed by atoms with Crippen LogP contribution in [0.1, 0.15) is 29.5 Å². The maximum atomic E-state index is 5.64. The summed E-state index contributed by atoms with van der Waals surface area (Å²) in [5.74, 6) is 0. The molecule has 3 rings (SSSR count). The molecule has 14 heavy (non-hydrogen) atoms. The molecule has 0 saturated heterocycles. The van der Waals surface area contributed by atoms with Crippen LogP contribution in [0.25, 0.3) is 0 Å². The fourth-order valence-corrected chi connectivity index (χ4v) is 2.30. The predicted octanol–water partition coefficient (Wildman–Crippen LogP) is 1.62. The largest absolute Gasteiger partial charge is 0.326 e. The molecule has 2 N–H and O–H groups in total. The zero-order valence-corrected chi connectivity index (χ0v) is 8.37. The van der Waals surface area contributed by atoms with Crippen molar-refractivity contribution in [2.45, 2.75) is 38.5 Å². The molecule has 0 atom stereocenters. The number of rotatable bonds is 2. The van der Waals surface area contributed by atoms with Gasteiger partial charge < -0.3 is 5.73 Å². The first-order valence-electron chi connectivity index (χ1n) is 5.41. The topological polar surface area (TPSA) is 29.3 Å². The molecule has 2 aliphatic rings. The number of hydrogen-bond acceptors (Lipinski definition) is 2. The van der Waals surface area contributed by atoms with Gasteiger partial charge in [0.2, 0.25) is 0 Å². The Balaban J connectivity index is 1.86. The van der Waals surface area contributed by atoms with Crippen LogP contribution in [0.5, 0.6) is 0 Å². The molecule has 0 amide bonds. The van der Waals surface area contributed by atoms with Gasteiger partial charge in [-0.3, -0.25) is 4.90 Å². The first kappa shape index (κ1) is 8.45. The summed E-state index contributed by atoms with van der Waals surface area (Å²) in [6.07, 6.45) is 2.80. The average molecular weight is 188 g/mol. The SMILES string of the molecule is NCc1ccc2c(c1)CN(C1CC1)C2. The fourth-order valence-electron chi connectivity index (χ4n) is 2.30. The van der Waals surface area contributed by atoms with Crippen LogP contribution in [0.15, 0.2) is 18.2 Å². The van der Waals surface area contributed by atoms with E-state index in [4.69, 9.17) is 5.73 Å². The van der Waals surface area contributed by atoms with Gasteiger partial charge in [-0.1, -0.05) is 18.2 Å². The molecule has 0 radical (unpaired) electrons. The van der Waals surface area contributed by atoms with Gasteiger partial charge in [0.1, 0.15) is 0 Å². The second-order valence-corrected chi connectivity index (χ2v) is 4.44. The number of fused-ring (bicyclic) bond motifs is 1. The van der Waals surface area contributed by atoms with Gasteiger partial charge >= 0.3 is 0 Å². The molecule has 1 saturated carbocycles. The highest BCUT2D eigenvalue weighted by Gasteiger charge is 2.32. The number of nitrogens with two attached hydrogens (primary N) is 1. The summed E-state index contributed by atoms with van der Waals surface area (Å²) >= 11 is 0. The van der Waals surface area contributed by atoms with Crippen LogP contribution < -0.4 is 5.73 Å². The number of hydrogen-bond donors (Lipinski definition) is 1. The van der Waals surface area contributed by atoms with E-state index >= 15 is 0 Å². The van der Waals surface area contributed by atoms with Crippen LogP contribution in [-0.4, -0.2) is 10.9 Å². The fraction of sp³-hybridized carbons (Fsp3) is 0.500. The normalized spacial score (nSPS) is 21.2. The van der Waals surface area contributed by atoms with E-state index in [1.54, 1.807) is 0 Å². The summed E-state index contributed by atoms with van der Waals surface area (Å²) in [6.45, 7) is 2.97. The molecule has 0 unspecified atom stereocenters. The lowest BCUT2D eigenvalue weighted by atomic mass is 10.1. The lowest BCUT2D eigenvalue weighted by Gasteiger charge is -2.11. The monoisotopic (exact) mass is 188 g/mol. The van der Waals surface area contributed by atoms with Gasteiger partial charge in [0.15, 0.2) is 0 Å². The summed E-state index contributed by atoms with van der Waals surface area (Å²) in [5.41, 5.74) is 9.91. The van der Waals surface area contributed by atoms with Gasteiger partial charge in [-0.05, 0) is 29.5 Å². The maximum Gasteiger partial charge on any atom is 0.0243 e. The maximum absolute atomic E-state index is 5.64. The van der Waals surface area contributed by atoms with Gasteiger partial charge in [-0.15, -0.1) is 0 Å². The molecule has 1 aromatic rings. The van der Waals surface area contributed by atoms with Gasteiger partial charge in [-0.25, -0.2) is 0 Å². The Morgan fingerprint density at radius 2 is 2.00 bits per heavy atom. The molecule has 1 heterocycles. The molecule has 0 aromatic heterocycles. The van der Waals surface area contributed by atoms with Crippen molar-refractivity contribution in [1.82, 2.24) is 4.90 Å². The lowest BCUT2D eigenvalue weighted by molar-refractivity contribution is 0.273. The molecular formula is C12H16N2. The summed E-state index contributed by atoms with van der Waals surface area (Å²) < 4.78 is 0. The van der Waals surface area contributed by atoms with Crippen molar-refractivity contribution in [2.75, 3.05) is 0 Å². The van der Waals surface area contributed by atoms with E-state index in [0.717, 1.165) is 19.1 Å². The standard InChI is InChI=1S/C12H16N2/c13-6-9-1-2-10-7-14(12-3-4-12)8-11(10)5-9/h1-2,5,12H,3-4,6-8,13H2. The van der Waals surface area contributed by atoms with Crippen molar-refractivity contribution in [3.05, 3.63) is 34.9 Å². The van der Waals surface area contributed by atoms with Gasteiger partial charge in [0.25, 0.3) is 0 Å². The highest BCUT2D eigenvalue weighted by atomic mass is 15.2. The highest BCUT2D eigenvalue weighted by molar-refractivity contribution is 5.35. The molecule has 1 aromatic carbocycles. The lowest BCUT2D eigenvalue weighted by Crippen LogP contribution is -2.18. The zero-order valence-electron chi connectivity index (χ0n) is 8.37. The van der Waals surface area contributed by atoms with E-state index in [-0.39, 0.29) is 0 Å². The Kier molecular flexibility index (Phi) is 1.85. The third-order valence-corrected chi connectivity index (χ3v) is 3.32. The zero-order chi connectivity index (χ0) is 9.54. The molecule has 1 fully saturated rings. The molecular weight excluding hydrogens is 172 g/mol. The van der Waals surface area contributed by atoms with Crippen molar-refractivity contribution in [3.8, 4) is 0 Å². The minimum atomic E-state index is 0.663. The molecule has 1 aliphatic heterocycles. The molecule has 2 heteroatoms. The molecule has 74 valence electrons. The van der Waals surface area contributed by atoms with E-state index in [0.29, 0.717) is 6.54 Å².